The number of benzene rings is 3. The van der Waals surface area contributed by atoms with Gasteiger partial charge in [0.15, 0.2) is 11.5 Å². The number of methoxy groups -OCH3 is 1. The molecule has 0 bridgehead atoms. The summed E-state index contributed by atoms with van der Waals surface area (Å²) in [6, 6.07) is 25.5. The Hall–Kier alpha value is -4.57. The number of rotatable bonds is 11. The van der Waals surface area contributed by atoms with Crippen LogP contribution in [0.1, 0.15) is 24.0 Å². The molecule has 0 fully saturated rings. The lowest BCUT2D eigenvalue weighted by atomic mass is 10.1. The topological polar surface area (TPSA) is 97.6 Å². The van der Waals surface area contributed by atoms with E-state index in [1.54, 1.807) is 18.2 Å². The molecule has 1 N–H and O–H groups in total. The highest BCUT2D eigenvalue weighted by Crippen LogP contribution is 2.29. The molecule has 7 nitrogen and oxygen atoms in total. The molecule has 0 atom stereocenters. The van der Waals surface area contributed by atoms with Crippen LogP contribution in [0.25, 0.3) is 6.08 Å². The second-order valence-corrected chi connectivity index (χ2v) is 7.49. The van der Waals surface area contributed by atoms with Gasteiger partial charge in [-0.2, -0.15) is 5.26 Å². The summed E-state index contributed by atoms with van der Waals surface area (Å²) in [7, 11) is 1.45. The maximum absolute atomic E-state index is 12.4. The highest BCUT2D eigenvalue weighted by molar-refractivity contribution is 6.01. The van der Waals surface area contributed by atoms with Gasteiger partial charge in [0.1, 0.15) is 17.4 Å². The lowest BCUT2D eigenvalue weighted by Crippen LogP contribution is -2.23. The summed E-state index contributed by atoms with van der Waals surface area (Å²) in [4.78, 5) is 24.7. The highest BCUT2D eigenvalue weighted by Gasteiger charge is 2.13. The van der Waals surface area contributed by atoms with Gasteiger partial charge in [-0.15, -0.1) is 0 Å². The predicted octanol–water partition coefficient (Wildman–Crippen LogP) is 4.68. The Labute approximate surface area is 204 Å². The van der Waals surface area contributed by atoms with Crippen LogP contribution in [-0.4, -0.2) is 25.6 Å². The van der Waals surface area contributed by atoms with Crippen LogP contribution in [-0.2, 0) is 16.1 Å². The lowest BCUT2D eigenvalue weighted by Gasteiger charge is -2.11. The number of nitrogens with one attached hydrogen (secondary N) is 1. The quantitative estimate of drug-likeness (QED) is 0.144. The average molecular weight is 471 g/mol. The first-order valence-corrected chi connectivity index (χ1v) is 11.1. The van der Waals surface area contributed by atoms with Crippen molar-refractivity contribution in [2.75, 3.05) is 13.7 Å². The lowest BCUT2D eigenvalue weighted by molar-refractivity contribution is -0.134. The van der Waals surface area contributed by atoms with Crippen LogP contribution >= 0.6 is 0 Å². The van der Waals surface area contributed by atoms with Gasteiger partial charge in [0.25, 0.3) is 5.91 Å². The van der Waals surface area contributed by atoms with E-state index in [4.69, 9.17) is 14.2 Å². The van der Waals surface area contributed by atoms with Gasteiger partial charge < -0.3 is 19.5 Å². The highest BCUT2D eigenvalue weighted by atomic mass is 16.6. The fraction of sp³-hybridized carbons (Fsp3) is 0.179. The Morgan fingerprint density at radius 1 is 0.971 bits per heavy atom. The summed E-state index contributed by atoms with van der Waals surface area (Å²) in [5, 5.41) is 12.2. The number of ether oxygens (including phenoxy) is 3. The van der Waals surface area contributed by atoms with Crippen LogP contribution < -0.4 is 19.5 Å². The van der Waals surface area contributed by atoms with Gasteiger partial charge in [-0.25, -0.2) is 0 Å². The minimum Gasteiger partial charge on any atom is -0.494 e. The molecule has 0 heterocycles. The van der Waals surface area contributed by atoms with E-state index in [0.29, 0.717) is 30.9 Å². The van der Waals surface area contributed by atoms with Crippen molar-refractivity contribution < 1.29 is 23.8 Å². The largest absolute Gasteiger partial charge is 0.494 e. The van der Waals surface area contributed by atoms with Crippen LogP contribution in [0.2, 0.25) is 0 Å². The molecule has 3 aromatic rings. The first-order chi connectivity index (χ1) is 17.1. The van der Waals surface area contributed by atoms with Gasteiger partial charge in [-0.1, -0.05) is 54.6 Å². The van der Waals surface area contributed by atoms with Crippen molar-refractivity contribution in [2.45, 2.75) is 19.4 Å². The van der Waals surface area contributed by atoms with Gasteiger partial charge >= 0.3 is 5.97 Å². The number of amides is 1. The number of para-hydroxylation sites is 1. The summed E-state index contributed by atoms with van der Waals surface area (Å²) < 4.78 is 16.3. The molecule has 0 aliphatic heterocycles. The van der Waals surface area contributed by atoms with Crippen molar-refractivity contribution in [3.63, 3.8) is 0 Å². The van der Waals surface area contributed by atoms with Crippen molar-refractivity contribution in [3.05, 3.63) is 95.6 Å². The van der Waals surface area contributed by atoms with Crippen LogP contribution in [0.3, 0.4) is 0 Å². The molecule has 0 saturated heterocycles. The molecule has 0 aliphatic rings. The Balaban J connectivity index is 1.55. The Morgan fingerprint density at radius 2 is 1.69 bits per heavy atom. The molecule has 35 heavy (non-hydrogen) atoms. The van der Waals surface area contributed by atoms with Crippen LogP contribution in [0.15, 0.2) is 84.4 Å². The zero-order valence-electron chi connectivity index (χ0n) is 19.4. The van der Waals surface area contributed by atoms with Gasteiger partial charge in [0.05, 0.1) is 13.7 Å². The molecule has 0 unspecified atom stereocenters. The second kappa shape index (κ2) is 13.2. The van der Waals surface area contributed by atoms with Gasteiger partial charge in [0, 0.05) is 13.0 Å². The number of nitrogens with zero attached hydrogens (tertiary/aromatic N) is 1. The Morgan fingerprint density at radius 3 is 2.37 bits per heavy atom. The van der Waals surface area contributed by atoms with Crippen molar-refractivity contribution in [2.24, 2.45) is 0 Å². The number of nitriles is 1. The molecule has 0 saturated carbocycles. The number of carbonyl (C=O) groups is 2. The van der Waals surface area contributed by atoms with Crippen molar-refractivity contribution in [1.29, 1.82) is 5.26 Å². The molecule has 1 amide bonds. The Kier molecular flexibility index (Phi) is 9.46. The van der Waals surface area contributed by atoms with E-state index in [0.717, 1.165) is 11.3 Å². The fourth-order valence-corrected chi connectivity index (χ4v) is 3.14. The van der Waals surface area contributed by atoms with E-state index < -0.39 is 11.9 Å². The second-order valence-electron chi connectivity index (χ2n) is 7.49. The average Bonchev–Trinajstić information content (AvgIpc) is 2.90. The zero-order chi connectivity index (χ0) is 24.9. The van der Waals surface area contributed by atoms with Crippen LogP contribution in [0.4, 0.5) is 0 Å². The third-order valence-corrected chi connectivity index (χ3v) is 4.92. The molecular weight excluding hydrogens is 444 g/mol. The third-order valence-electron chi connectivity index (χ3n) is 4.92. The summed E-state index contributed by atoms with van der Waals surface area (Å²) in [6.45, 7) is 0.705. The first-order valence-electron chi connectivity index (χ1n) is 11.1. The number of carbonyl (C=O) groups excluding carboxylic acids is 2. The summed E-state index contributed by atoms with van der Waals surface area (Å²) in [5.41, 5.74) is 1.44. The summed E-state index contributed by atoms with van der Waals surface area (Å²) in [5.74, 6) is 0.418. The fourth-order valence-electron chi connectivity index (χ4n) is 3.14. The van der Waals surface area contributed by atoms with Gasteiger partial charge in [-0.05, 0) is 47.9 Å². The van der Waals surface area contributed by atoms with E-state index in [2.05, 4.69) is 5.32 Å². The van der Waals surface area contributed by atoms with E-state index in [-0.39, 0.29) is 17.7 Å². The molecule has 3 aromatic carbocycles. The first kappa shape index (κ1) is 25.1. The van der Waals surface area contributed by atoms with Crippen molar-refractivity contribution >= 4 is 18.0 Å². The zero-order valence-corrected chi connectivity index (χ0v) is 19.4. The molecule has 0 spiro atoms. The maximum Gasteiger partial charge on any atom is 0.311 e. The maximum atomic E-state index is 12.4. The molecule has 0 aromatic heterocycles. The van der Waals surface area contributed by atoms with E-state index in [9.17, 15) is 14.9 Å². The van der Waals surface area contributed by atoms with E-state index >= 15 is 0 Å². The van der Waals surface area contributed by atoms with Gasteiger partial charge in [0.2, 0.25) is 0 Å². The summed E-state index contributed by atoms with van der Waals surface area (Å²) >= 11 is 0. The molecule has 0 radical (unpaired) electrons. The summed E-state index contributed by atoms with van der Waals surface area (Å²) in [6.07, 6.45) is 2.13. The standard InChI is InChI=1S/C28H26N2O5/c1-33-26-18-22(17-23(19-29)28(32)30-20-21-9-4-2-5-10-21)14-15-25(26)35-27(31)13-8-16-34-24-11-6-3-7-12-24/h2-7,9-12,14-15,17-18H,8,13,16,20H2,1H3,(H,30,32)/b23-17+. The Bertz CT molecular complexity index is 1200. The minimum absolute atomic E-state index is 0.0499. The predicted molar refractivity (Wildman–Crippen MR) is 132 cm³/mol. The number of esters is 1. The van der Waals surface area contributed by atoms with Crippen molar-refractivity contribution in [3.8, 4) is 23.3 Å². The van der Waals surface area contributed by atoms with Crippen molar-refractivity contribution in [1.82, 2.24) is 5.32 Å². The number of hydrogen-bond acceptors (Lipinski definition) is 6. The smallest absolute Gasteiger partial charge is 0.311 e. The van der Waals surface area contributed by atoms with Crippen LogP contribution in [0.5, 0.6) is 17.2 Å². The SMILES string of the molecule is COc1cc(/C=C(\C#N)C(=O)NCc2ccccc2)ccc1OC(=O)CCCOc1ccccc1. The molecule has 3 rings (SSSR count). The normalized spacial score (nSPS) is 10.7. The van der Waals surface area contributed by atoms with E-state index in [1.807, 2.05) is 66.7 Å². The molecule has 7 heteroatoms. The number of hydrogen-bond donors (Lipinski definition) is 1. The van der Waals surface area contributed by atoms with Crippen LogP contribution in [0, 0.1) is 11.3 Å². The monoisotopic (exact) mass is 470 g/mol. The molecule has 178 valence electrons. The minimum atomic E-state index is -0.483. The van der Waals surface area contributed by atoms with E-state index in [1.165, 1.54) is 13.2 Å². The molecule has 0 aliphatic carbocycles. The third kappa shape index (κ3) is 8.06. The molecular formula is C28H26N2O5. The van der Waals surface area contributed by atoms with Gasteiger partial charge in [-0.3, -0.25) is 9.59 Å².